The van der Waals surface area contributed by atoms with Crippen LogP contribution in [0.1, 0.15) is 17.3 Å². The lowest BCUT2D eigenvalue weighted by Crippen LogP contribution is -2.44. The van der Waals surface area contributed by atoms with E-state index in [1.165, 1.54) is 0 Å². The maximum atomic E-state index is 13.2. The average Bonchev–Trinajstić information content (AvgIpc) is 3.22. The molecule has 0 bridgehead atoms. The first-order valence-corrected chi connectivity index (χ1v) is 9.21. The number of carbonyl (C=O) groups is 1. The van der Waals surface area contributed by atoms with Crippen molar-refractivity contribution in [3.63, 3.8) is 0 Å². The van der Waals surface area contributed by atoms with E-state index in [2.05, 4.69) is 34.3 Å². The largest absolute Gasteiger partial charge is 0.493 e. The fourth-order valence-electron chi connectivity index (χ4n) is 3.70. The Kier molecular flexibility index (Phi) is 4.93. The van der Waals surface area contributed by atoms with E-state index in [9.17, 15) is 4.79 Å². The molecule has 0 saturated carbocycles. The van der Waals surface area contributed by atoms with Gasteiger partial charge in [-0.05, 0) is 29.8 Å². The molecule has 2 heterocycles. The van der Waals surface area contributed by atoms with Crippen LogP contribution in [0.5, 0.6) is 11.5 Å². The van der Waals surface area contributed by atoms with Crippen molar-refractivity contribution in [3.8, 4) is 11.5 Å². The molecule has 1 aromatic heterocycles. The minimum Gasteiger partial charge on any atom is -0.493 e. The summed E-state index contributed by atoms with van der Waals surface area (Å²) in [6.45, 7) is 1.39. The summed E-state index contributed by atoms with van der Waals surface area (Å²) in [4.78, 5) is 15.0. The summed E-state index contributed by atoms with van der Waals surface area (Å²) in [5.74, 6) is 1.20. The van der Waals surface area contributed by atoms with Crippen LogP contribution in [0, 0.1) is 0 Å². The third-order valence-electron chi connectivity index (χ3n) is 5.05. The van der Waals surface area contributed by atoms with E-state index in [-0.39, 0.29) is 12.1 Å². The lowest BCUT2D eigenvalue weighted by Gasteiger charge is -2.37. The lowest BCUT2D eigenvalue weighted by atomic mass is 10.0. The number of rotatable bonds is 4. The van der Waals surface area contributed by atoms with Crippen molar-refractivity contribution in [1.29, 1.82) is 0 Å². The number of aromatic nitrogens is 1. The van der Waals surface area contributed by atoms with Crippen molar-refractivity contribution in [2.45, 2.75) is 12.6 Å². The third kappa shape index (κ3) is 3.29. The van der Waals surface area contributed by atoms with Crippen LogP contribution in [-0.2, 0) is 6.54 Å². The number of hydrogen-bond donors (Lipinski definition) is 1. The normalized spacial score (nSPS) is 15.6. The summed E-state index contributed by atoms with van der Waals surface area (Å²) in [6.07, 6.45) is 2.06. The van der Waals surface area contributed by atoms with Gasteiger partial charge in [0.15, 0.2) is 11.5 Å². The number of benzene rings is 2. The summed E-state index contributed by atoms with van der Waals surface area (Å²) < 4.78 is 12.8. The molecule has 0 fully saturated rings. The van der Waals surface area contributed by atoms with E-state index in [0.29, 0.717) is 23.7 Å². The topological polar surface area (TPSA) is 55.7 Å². The second-order valence-electron chi connectivity index (χ2n) is 6.63. The van der Waals surface area contributed by atoms with Gasteiger partial charge in [0.2, 0.25) is 0 Å². The van der Waals surface area contributed by atoms with E-state index >= 15 is 0 Å². The number of fused-ring (bicyclic) bond motifs is 1. The molecule has 1 atom stereocenters. The Bertz CT molecular complexity index is 968. The predicted octanol–water partition coefficient (Wildman–Crippen LogP) is 4.14. The number of methoxy groups -OCH3 is 2. The minimum atomic E-state index is -0.145. The maximum absolute atomic E-state index is 13.2. The summed E-state index contributed by atoms with van der Waals surface area (Å²) in [5, 5.41) is 3.00. The fourth-order valence-corrected chi connectivity index (χ4v) is 3.70. The molecule has 3 aromatic rings. The Morgan fingerprint density at radius 3 is 2.50 bits per heavy atom. The molecule has 1 N–H and O–H groups in total. The van der Waals surface area contributed by atoms with Gasteiger partial charge in [0.25, 0.3) is 0 Å². The second-order valence-corrected chi connectivity index (χ2v) is 6.63. The summed E-state index contributed by atoms with van der Waals surface area (Å²) in [7, 11) is 3.16. The molecule has 0 saturated heterocycles. The van der Waals surface area contributed by atoms with Gasteiger partial charge >= 0.3 is 6.03 Å². The third-order valence-corrected chi connectivity index (χ3v) is 5.05. The molecule has 4 rings (SSSR count). The Labute approximate surface area is 164 Å². The quantitative estimate of drug-likeness (QED) is 0.743. The van der Waals surface area contributed by atoms with E-state index in [1.54, 1.807) is 26.4 Å². The molecular weight excluding hydrogens is 354 g/mol. The molecule has 0 radical (unpaired) electrons. The Morgan fingerprint density at radius 1 is 0.964 bits per heavy atom. The van der Waals surface area contributed by atoms with Crippen molar-refractivity contribution in [2.75, 3.05) is 26.1 Å². The molecule has 0 aliphatic carbocycles. The molecule has 2 aromatic carbocycles. The Hall–Kier alpha value is -3.41. The van der Waals surface area contributed by atoms with E-state index in [4.69, 9.17) is 9.47 Å². The number of ether oxygens (including phenoxy) is 2. The molecule has 144 valence electrons. The highest BCUT2D eigenvalue weighted by molar-refractivity contribution is 5.90. The number of anilines is 1. The van der Waals surface area contributed by atoms with Gasteiger partial charge in [-0.15, -0.1) is 0 Å². The number of carbonyl (C=O) groups excluding carboxylic acids is 1. The number of amides is 2. The molecule has 0 spiro atoms. The smallest absolute Gasteiger partial charge is 0.322 e. The van der Waals surface area contributed by atoms with Gasteiger partial charge in [-0.1, -0.05) is 30.3 Å². The van der Waals surface area contributed by atoms with Crippen LogP contribution in [0.15, 0.2) is 66.9 Å². The summed E-state index contributed by atoms with van der Waals surface area (Å²) in [6, 6.07) is 19.3. The molecular formula is C22H23N3O3. The predicted molar refractivity (Wildman–Crippen MR) is 108 cm³/mol. The van der Waals surface area contributed by atoms with Gasteiger partial charge in [-0.2, -0.15) is 0 Å². The zero-order valence-corrected chi connectivity index (χ0v) is 16.0. The van der Waals surface area contributed by atoms with Crippen molar-refractivity contribution in [1.82, 2.24) is 9.47 Å². The standard InChI is InChI=1S/C22H23N3O3/c1-27-19-11-10-17(15-20(19)28-2)23-22(26)25-14-13-24-12-6-9-18(24)21(25)16-7-4-3-5-8-16/h3-12,15,21H,13-14H2,1-2H3,(H,23,26)/t21-/m0/s1. The van der Waals surface area contributed by atoms with Crippen LogP contribution in [0.25, 0.3) is 0 Å². The average molecular weight is 377 g/mol. The molecule has 1 aliphatic rings. The Morgan fingerprint density at radius 2 is 1.75 bits per heavy atom. The number of urea groups is 1. The molecule has 6 heteroatoms. The lowest BCUT2D eigenvalue weighted by molar-refractivity contribution is 0.182. The van der Waals surface area contributed by atoms with Crippen LogP contribution in [0.4, 0.5) is 10.5 Å². The zero-order valence-electron chi connectivity index (χ0n) is 16.0. The van der Waals surface area contributed by atoms with Gasteiger partial charge < -0.3 is 24.3 Å². The first-order chi connectivity index (χ1) is 13.7. The van der Waals surface area contributed by atoms with Crippen LogP contribution < -0.4 is 14.8 Å². The van der Waals surface area contributed by atoms with Gasteiger partial charge in [0.05, 0.1) is 20.3 Å². The first-order valence-electron chi connectivity index (χ1n) is 9.21. The van der Waals surface area contributed by atoms with Gasteiger partial charge in [0, 0.05) is 36.7 Å². The van der Waals surface area contributed by atoms with E-state index < -0.39 is 0 Å². The molecule has 1 aliphatic heterocycles. The van der Waals surface area contributed by atoms with Gasteiger partial charge in [-0.3, -0.25) is 0 Å². The fraction of sp³-hybridized carbons (Fsp3) is 0.227. The highest BCUT2D eigenvalue weighted by Crippen LogP contribution is 2.34. The maximum Gasteiger partial charge on any atom is 0.322 e. The van der Waals surface area contributed by atoms with E-state index in [0.717, 1.165) is 17.8 Å². The highest BCUT2D eigenvalue weighted by atomic mass is 16.5. The van der Waals surface area contributed by atoms with Crippen molar-refractivity contribution in [2.24, 2.45) is 0 Å². The van der Waals surface area contributed by atoms with Crippen molar-refractivity contribution >= 4 is 11.7 Å². The van der Waals surface area contributed by atoms with Crippen LogP contribution >= 0.6 is 0 Å². The second kappa shape index (κ2) is 7.68. The molecule has 0 unspecified atom stereocenters. The minimum absolute atomic E-state index is 0.134. The number of hydrogen-bond acceptors (Lipinski definition) is 3. The molecule has 6 nitrogen and oxygen atoms in total. The summed E-state index contributed by atoms with van der Waals surface area (Å²) in [5.41, 5.74) is 2.86. The first kappa shape index (κ1) is 18.0. The van der Waals surface area contributed by atoms with Gasteiger partial charge in [0.1, 0.15) is 0 Å². The SMILES string of the molecule is COc1ccc(NC(=O)N2CCn3cccc3[C@@H]2c2ccccc2)cc1OC. The molecule has 2 amide bonds. The van der Waals surface area contributed by atoms with Crippen molar-refractivity contribution in [3.05, 3.63) is 78.1 Å². The number of nitrogens with zero attached hydrogens (tertiary/aromatic N) is 2. The molecule has 28 heavy (non-hydrogen) atoms. The number of nitrogens with one attached hydrogen (secondary N) is 1. The van der Waals surface area contributed by atoms with E-state index in [1.807, 2.05) is 35.2 Å². The monoisotopic (exact) mass is 377 g/mol. The zero-order chi connectivity index (χ0) is 19.5. The van der Waals surface area contributed by atoms with Crippen molar-refractivity contribution < 1.29 is 14.3 Å². The van der Waals surface area contributed by atoms with Crippen LogP contribution in [-0.4, -0.2) is 36.3 Å². The van der Waals surface area contributed by atoms with Gasteiger partial charge in [-0.25, -0.2) is 4.79 Å². The Balaban J connectivity index is 1.63. The highest BCUT2D eigenvalue weighted by Gasteiger charge is 2.32. The summed E-state index contributed by atoms with van der Waals surface area (Å²) >= 11 is 0. The van der Waals surface area contributed by atoms with Crippen LogP contribution in [0.3, 0.4) is 0 Å². The van der Waals surface area contributed by atoms with Crippen LogP contribution in [0.2, 0.25) is 0 Å².